The number of hydrogen-bond donors (Lipinski definition) is 1. The Balaban J connectivity index is 1.78. The van der Waals surface area contributed by atoms with Crippen molar-refractivity contribution in [2.75, 3.05) is 19.6 Å². The Morgan fingerprint density at radius 3 is 2.78 bits per heavy atom. The van der Waals surface area contributed by atoms with Crippen molar-refractivity contribution in [1.82, 2.24) is 20.0 Å². The van der Waals surface area contributed by atoms with E-state index in [4.69, 9.17) is 16.7 Å². The van der Waals surface area contributed by atoms with E-state index in [1.807, 2.05) is 18.2 Å². The first kappa shape index (κ1) is 16.5. The maximum absolute atomic E-state index is 6.29. The number of rotatable bonds is 4. The zero-order chi connectivity index (χ0) is 16.4. The Morgan fingerprint density at radius 1 is 1.26 bits per heavy atom. The normalized spacial score (nSPS) is 19.2. The van der Waals surface area contributed by atoms with Crippen LogP contribution in [0.25, 0.3) is 0 Å². The molecule has 23 heavy (non-hydrogen) atoms. The van der Waals surface area contributed by atoms with Gasteiger partial charge in [0.05, 0.1) is 12.2 Å². The number of benzene rings is 1. The molecular formula is C18H25ClN4. The highest BCUT2D eigenvalue weighted by molar-refractivity contribution is 6.31. The molecule has 0 bridgehead atoms. The van der Waals surface area contributed by atoms with Gasteiger partial charge in [0.15, 0.2) is 0 Å². The highest BCUT2D eigenvalue weighted by Gasteiger charge is 2.19. The minimum absolute atomic E-state index is 0.558. The summed E-state index contributed by atoms with van der Waals surface area (Å²) in [5.41, 5.74) is 4.84. The second kappa shape index (κ2) is 7.04. The van der Waals surface area contributed by atoms with Crippen molar-refractivity contribution < 1.29 is 0 Å². The molecule has 4 nitrogen and oxygen atoms in total. The molecule has 1 atom stereocenters. The predicted octanol–water partition coefficient (Wildman–Crippen LogP) is 3.00. The zero-order valence-electron chi connectivity index (χ0n) is 14.1. The van der Waals surface area contributed by atoms with Gasteiger partial charge < -0.3 is 5.32 Å². The van der Waals surface area contributed by atoms with Crippen LogP contribution in [0.1, 0.15) is 29.4 Å². The summed E-state index contributed by atoms with van der Waals surface area (Å²) in [5, 5.41) is 9.04. The fourth-order valence-electron chi connectivity index (χ4n) is 3.28. The zero-order valence-corrected chi connectivity index (χ0v) is 14.9. The third-order valence-electron chi connectivity index (χ3n) is 4.64. The van der Waals surface area contributed by atoms with Crippen molar-refractivity contribution in [2.24, 2.45) is 0 Å². The molecule has 1 saturated heterocycles. The first-order chi connectivity index (χ1) is 11.0. The summed E-state index contributed by atoms with van der Waals surface area (Å²) in [6, 6.07) is 8.55. The topological polar surface area (TPSA) is 33.1 Å². The van der Waals surface area contributed by atoms with Crippen LogP contribution in [0.5, 0.6) is 0 Å². The largest absolute Gasteiger partial charge is 0.312 e. The molecule has 3 rings (SSSR count). The summed E-state index contributed by atoms with van der Waals surface area (Å²) in [7, 11) is 0. The number of nitrogens with one attached hydrogen (secondary N) is 1. The number of halogens is 1. The smallest absolute Gasteiger partial charge is 0.0677 e. The van der Waals surface area contributed by atoms with Crippen LogP contribution in [-0.4, -0.2) is 40.4 Å². The standard InChI is InChI=1S/C18H25ClN4/c1-13-10-22(9-8-20-13)12-17-14(2)21-23(15(17)3)11-16-6-4-5-7-18(16)19/h4-7,13,20H,8-12H2,1-3H3/t13-/m1/s1. The maximum Gasteiger partial charge on any atom is 0.0677 e. The minimum atomic E-state index is 0.558. The Kier molecular flexibility index (Phi) is 5.05. The van der Waals surface area contributed by atoms with Gasteiger partial charge in [-0.25, -0.2) is 0 Å². The van der Waals surface area contributed by atoms with E-state index in [1.165, 1.54) is 11.3 Å². The highest BCUT2D eigenvalue weighted by Crippen LogP contribution is 2.20. The van der Waals surface area contributed by atoms with Gasteiger partial charge in [0.25, 0.3) is 0 Å². The molecule has 1 N–H and O–H groups in total. The van der Waals surface area contributed by atoms with Crippen LogP contribution in [0.2, 0.25) is 5.02 Å². The van der Waals surface area contributed by atoms with Crippen LogP contribution in [-0.2, 0) is 13.1 Å². The van der Waals surface area contributed by atoms with Gasteiger partial charge in [0, 0.05) is 48.5 Å². The molecule has 0 saturated carbocycles. The molecule has 0 amide bonds. The minimum Gasteiger partial charge on any atom is -0.312 e. The van der Waals surface area contributed by atoms with Gasteiger partial charge in [-0.05, 0) is 32.4 Å². The van der Waals surface area contributed by atoms with Gasteiger partial charge in [0.2, 0.25) is 0 Å². The molecule has 1 aromatic heterocycles. The lowest BCUT2D eigenvalue weighted by Crippen LogP contribution is -2.48. The third kappa shape index (κ3) is 3.77. The van der Waals surface area contributed by atoms with E-state index in [9.17, 15) is 0 Å². The van der Waals surface area contributed by atoms with E-state index in [0.717, 1.165) is 49.0 Å². The lowest BCUT2D eigenvalue weighted by Gasteiger charge is -2.31. The molecule has 2 heterocycles. The van der Waals surface area contributed by atoms with Gasteiger partial charge in [-0.1, -0.05) is 29.8 Å². The molecule has 5 heteroatoms. The average Bonchev–Trinajstić information content (AvgIpc) is 2.77. The lowest BCUT2D eigenvalue weighted by atomic mass is 10.1. The fraction of sp³-hybridized carbons (Fsp3) is 0.500. The number of nitrogens with zero attached hydrogens (tertiary/aromatic N) is 3. The van der Waals surface area contributed by atoms with Crippen molar-refractivity contribution in [3.05, 3.63) is 51.8 Å². The first-order valence-electron chi connectivity index (χ1n) is 8.26. The highest BCUT2D eigenvalue weighted by atomic mass is 35.5. The SMILES string of the molecule is Cc1nn(Cc2ccccc2Cl)c(C)c1CN1CCN[C@H](C)C1. The predicted molar refractivity (Wildman–Crippen MR) is 95.0 cm³/mol. The molecule has 1 aliphatic rings. The summed E-state index contributed by atoms with van der Waals surface area (Å²) in [5.74, 6) is 0. The monoisotopic (exact) mass is 332 g/mol. The van der Waals surface area contributed by atoms with E-state index in [0.29, 0.717) is 6.04 Å². The van der Waals surface area contributed by atoms with Gasteiger partial charge in [-0.3, -0.25) is 9.58 Å². The van der Waals surface area contributed by atoms with Gasteiger partial charge in [-0.2, -0.15) is 5.10 Å². The number of aryl methyl sites for hydroxylation is 1. The summed E-state index contributed by atoms with van der Waals surface area (Å²) in [6.07, 6.45) is 0. The van der Waals surface area contributed by atoms with Crippen molar-refractivity contribution in [2.45, 2.75) is 39.9 Å². The average molecular weight is 333 g/mol. The Morgan fingerprint density at radius 2 is 2.04 bits per heavy atom. The van der Waals surface area contributed by atoms with E-state index >= 15 is 0 Å². The molecule has 124 valence electrons. The molecule has 0 unspecified atom stereocenters. The van der Waals surface area contributed by atoms with Crippen LogP contribution < -0.4 is 5.32 Å². The summed E-state index contributed by atoms with van der Waals surface area (Å²) >= 11 is 6.29. The lowest BCUT2D eigenvalue weighted by molar-refractivity contribution is 0.199. The third-order valence-corrected chi connectivity index (χ3v) is 5.01. The molecule has 1 aromatic carbocycles. The summed E-state index contributed by atoms with van der Waals surface area (Å²) in [6.45, 7) is 11.5. The molecule has 0 radical (unpaired) electrons. The Hall–Kier alpha value is -1.36. The number of aromatic nitrogens is 2. The first-order valence-corrected chi connectivity index (χ1v) is 8.64. The number of piperazine rings is 1. The van der Waals surface area contributed by atoms with Crippen molar-refractivity contribution in [3.63, 3.8) is 0 Å². The second-order valence-corrected chi connectivity index (χ2v) is 6.90. The summed E-state index contributed by atoms with van der Waals surface area (Å²) < 4.78 is 2.08. The molecule has 1 fully saturated rings. The van der Waals surface area contributed by atoms with Crippen LogP contribution in [0.3, 0.4) is 0 Å². The van der Waals surface area contributed by atoms with E-state index in [1.54, 1.807) is 0 Å². The van der Waals surface area contributed by atoms with Crippen LogP contribution >= 0.6 is 11.6 Å². The Labute approximate surface area is 143 Å². The van der Waals surface area contributed by atoms with Crippen LogP contribution in [0.15, 0.2) is 24.3 Å². The second-order valence-electron chi connectivity index (χ2n) is 6.49. The fourth-order valence-corrected chi connectivity index (χ4v) is 3.48. The number of hydrogen-bond acceptors (Lipinski definition) is 3. The molecule has 0 spiro atoms. The molecule has 0 aliphatic carbocycles. The quantitative estimate of drug-likeness (QED) is 0.934. The van der Waals surface area contributed by atoms with Gasteiger partial charge >= 0.3 is 0 Å². The Bertz CT molecular complexity index is 680. The molecule has 1 aliphatic heterocycles. The molecule has 2 aromatic rings. The van der Waals surface area contributed by atoms with Gasteiger partial charge in [0.1, 0.15) is 0 Å². The van der Waals surface area contributed by atoms with E-state index in [2.05, 4.69) is 41.7 Å². The maximum atomic E-state index is 6.29. The van der Waals surface area contributed by atoms with Crippen LogP contribution in [0.4, 0.5) is 0 Å². The van der Waals surface area contributed by atoms with Gasteiger partial charge in [-0.15, -0.1) is 0 Å². The van der Waals surface area contributed by atoms with E-state index in [-0.39, 0.29) is 0 Å². The van der Waals surface area contributed by atoms with Crippen molar-refractivity contribution in [3.8, 4) is 0 Å². The summed E-state index contributed by atoms with van der Waals surface area (Å²) in [4.78, 5) is 2.51. The van der Waals surface area contributed by atoms with Crippen molar-refractivity contribution >= 4 is 11.6 Å². The van der Waals surface area contributed by atoms with Crippen molar-refractivity contribution in [1.29, 1.82) is 0 Å². The van der Waals surface area contributed by atoms with Crippen LogP contribution in [0, 0.1) is 13.8 Å². The van der Waals surface area contributed by atoms with E-state index < -0.39 is 0 Å². The molecular weight excluding hydrogens is 308 g/mol.